The highest BCUT2D eigenvalue weighted by Gasteiger charge is 2.34. The molecule has 2 aromatic rings. The molecule has 2 heterocycles. The SMILES string of the molecule is O=C(Nc1nccs1)C1CCCN1C(=O)CCc1cccc(OC2CCCC2)c1. The number of nitrogens with zero attached hydrogens (tertiary/aromatic N) is 2. The predicted molar refractivity (Wildman–Crippen MR) is 113 cm³/mol. The molecule has 1 atom stereocenters. The zero-order chi connectivity index (χ0) is 20.1. The fourth-order valence-corrected chi connectivity index (χ4v) is 4.71. The first-order valence-corrected chi connectivity index (χ1v) is 11.3. The molecule has 2 amide bonds. The summed E-state index contributed by atoms with van der Waals surface area (Å²) >= 11 is 1.38. The van der Waals surface area contributed by atoms with Crippen LogP contribution in [0.2, 0.25) is 0 Å². The number of nitrogens with one attached hydrogen (secondary N) is 1. The Morgan fingerprint density at radius 3 is 2.86 bits per heavy atom. The van der Waals surface area contributed by atoms with Crippen LogP contribution in [0.5, 0.6) is 5.75 Å². The van der Waals surface area contributed by atoms with E-state index in [4.69, 9.17) is 4.74 Å². The van der Waals surface area contributed by atoms with E-state index in [1.165, 1.54) is 24.2 Å². The summed E-state index contributed by atoms with van der Waals surface area (Å²) in [6.45, 7) is 0.639. The second-order valence-corrected chi connectivity index (χ2v) is 8.64. The first-order valence-electron chi connectivity index (χ1n) is 10.4. The summed E-state index contributed by atoms with van der Waals surface area (Å²) < 4.78 is 6.07. The van der Waals surface area contributed by atoms with Crippen molar-refractivity contribution in [1.29, 1.82) is 0 Å². The zero-order valence-electron chi connectivity index (χ0n) is 16.5. The number of carbonyl (C=O) groups is 2. The van der Waals surface area contributed by atoms with Gasteiger partial charge in [-0.3, -0.25) is 9.59 Å². The Hall–Kier alpha value is -2.41. The summed E-state index contributed by atoms with van der Waals surface area (Å²) in [5.74, 6) is 0.783. The van der Waals surface area contributed by atoms with Crippen LogP contribution < -0.4 is 10.1 Å². The van der Waals surface area contributed by atoms with Crippen molar-refractivity contribution in [2.75, 3.05) is 11.9 Å². The Bertz CT molecular complexity index is 834. The van der Waals surface area contributed by atoms with Crippen LogP contribution in [-0.2, 0) is 16.0 Å². The van der Waals surface area contributed by atoms with Crippen molar-refractivity contribution in [3.05, 3.63) is 41.4 Å². The quantitative estimate of drug-likeness (QED) is 0.744. The minimum atomic E-state index is -0.400. The number of benzene rings is 1. The number of aromatic nitrogens is 1. The van der Waals surface area contributed by atoms with Gasteiger partial charge in [0.05, 0.1) is 6.10 Å². The number of hydrogen-bond donors (Lipinski definition) is 1. The molecule has 1 aliphatic heterocycles. The molecule has 7 heteroatoms. The largest absolute Gasteiger partial charge is 0.490 e. The fraction of sp³-hybridized carbons (Fsp3) is 0.500. The Balaban J connectivity index is 1.31. The van der Waals surface area contributed by atoms with Gasteiger partial charge in [0.15, 0.2) is 5.13 Å². The highest BCUT2D eigenvalue weighted by atomic mass is 32.1. The maximum atomic E-state index is 12.8. The minimum absolute atomic E-state index is 0.0314. The van der Waals surface area contributed by atoms with Crippen LogP contribution in [0.1, 0.15) is 50.5 Å². The highest BCUT2D eigenvalue weighted by Crippen LogP contribution is 2.25. The Labute approximate surface area is 175 Å². The molecule has 2 aliphatic rings. The summed E-state index contributed by atoms with van der Waals surface area (Å²) in [5.41, 5.74) is 1.09. The highest BCUT2D eigenvalue weighted by molar-refractivity contribution is 7.13. The van der Waals surface area contributed by atoms with E-state index in [-0.39, 0.29) is 11.8 Å². The Kier molecular flexibility index (Phi) is 6.44. The second kappa shape index (κ2) is 9.39. The summed E-state index contributed by atoms with van der Waals surface area (Å²) in [6, 6.07) is 7.66. The number of amides is 2. The third-order valence-corrected chi connectivity index (χ3v) is 6.36. The lowest BCUT2D eigenvalue weighted by molar-refractivity contribution is -0.136. The van der Waals surface area contributed by atoms with Gasteiger partial charge in [-0.05, 0) is 62.6 Å². The van der Waals surface area contributed by atoms with Gasteiger partial charge in [0.25, 0.3) is 0 Å². The van der Waals surface area contributed by atoms with Crippen molar-refractivity contribution < 1.29 is 14.3 Å². The molecule has 4 rings (SSSR count). The van der Waals surface area contributed by atoms with E-state index in [1.54, 1.807) is 11.1 Å². The van der Waals surface area contributed by atoms with Gasteiger partial charge in [0, 0.05) is 24.5 Å². The van der Waals surface area contributed by atoms with Crippen molar-refractivity contribution in [2.24, 2.45) is 0 Å². The molecule has 1 unspecified atom stereocenters. The number of likely N-dealkylation sites (tertiary alicyclic amines) is 1. The van der Waals surface area contributed by atoms with E-state index in [1.807, 2.05) is 29.6 Å². The van der Waals surface area contributed by atoms with Gasteiger partial charge >= 0.3 is 0 Å². The summed E-state index contributed by atoms with van der Waals surface area (Å²) in [7, 11) is 0. The Morgan fingerprint density at radius 1 is 1.21 bits per heavy atom. The van der Waals surface area contributed by atoms with Crippen molar-refractivity contribution >= 4 is 28.3 Å². The molecule has 6 nitrogen and oxygen atoms in total. The number of thiazole rings is 1. The van der Waals surface area contributed by atoms with Crippen molar-refractivity contribution in [1.82, 2.24) is 9.88 Å². The molecule has 0 bridgehead atoms. The van der Waals surface area contributed by atoms with Crippen LogP contribution in [0, 0.1) is 0 Å². The van der Waals surface area contributed by atoms with E-state index < -0.39 is 6.04 Å². The van der Waals surface area contributed by atoms with E-state index >= 15 is 0 Å². The molecule has 29 heavy (non-hydrogen) atoms. The molecular weight excluding hydrogens is 386 g/mol. The zero-order valence-corrected chi connectivity index (χ0v) is 17.3. The van der Waals surface area contributed by atoms with Crippen molar-refractivity contribution in [2.45, 2.75) is 63.5 Å². The normalized spacial score (nSPS) is 19.4. The molecule has 1 N–H and O–H groups in total. The van der Waals surface area contributed by atoms with Gasteiger partial charge < -0.3 is 15.0 Å². The summed E-state index contributed by atoms with van der Waals surface area (Å²) in [6.07, 6.45) is 9.32. The molecular formula is C22H27N3O3S. The molecule has 1 aliphatic carbocycles. The molecule has 1 saturated heterocycles. The lowest BCUT2D eigenvalue weighted by Crippen LogP contribution is -2.43. The summed E-state index contributed by atoms with van der Waals surface area (Å²) in [5, 5.41) is 5.22. The van der Waals surface area contributed by atoms with Gasteiger partial charge in [-0.15, -0.1) is 11.3 Å². The Morgan fingerprint density at radius 2 is 2.07 bits per heavy atom. The number of anilines is 1. The monoisotopic (exact) mass is 413 g/mol. The van der Waals surface area contributed by atoms with Crippen LogP contribution >= 0.6 is 11.3 Å². The molecule has 154 valence electrons. The number of aryl methyl sites for hydroxylation is 1. The smallest absolute Gasteiger partial charge is 0.248 e. The number of carbonyl (C=O) groups excluding carboxylic acids is 2. The lowest BCUT2D eigenvalue weighted by atomic mass is 10.1. The standard InChI is InChI=1S/C22H27N3O3S/c26-20(25-13-4-9-19(25)21(27)24-22-23-12-14-29-22)11-10-16-5-3-8-18(15-16)28-17-6-1-2-7-17/h3,5,8,12,14-15,17,19H,1-2,4,6-7,9-11,13H2,(H,23,24,27). The van der Waals surface area contributed by atoms with Crippen molar-refractivity contribution in [3.8, 4) is 5.75 Å². The minimum Gasteiger partial charge on any atom is -0.490 e. The first-order chi connectivity index (χ1) is 14.2. The average Bonchev–Trinajstić information content (AvgIpc) is 3.48. The number of ether oxygens (including phenoxy) is 1. The van der Waals surface area contributed by atoms with Gasteiger partial charge in [-0.1, -0.05) is 12.1 Å². The molecule has 1 aromatic heterocycles. The summed E-state index contributed by atoms with van der Waals surface area (Å²) in [4.78, 5) is 31.2. The maximum Gasteiger partial charge on any atom is 0.248 e. The van der Waals surface area contributed by atoms with E-state index in [9.17, 15) is 9.59 Å². The van der Waals surface area contributed by atoms with E-state index in [0.717, 1.165) is 30.6 Å². The van der Waals surface area contributed by atoms with Gasteiger partial charge in [-0.2, -0.15) is 0 Å². The van der Waals surface area contributed by atoms with Gasteiger partial charge in [0.2, 0.25) is 11.8 Å². The molecule has 0 spiro atoms. The third-order valence-electron chi connectivity index (χ3n) is 5.67. The second-order valence-electron chi connectivity index (χ2n) is 7.74. The van der Waals surface area contributed by atoms with Gasteiger partial charge in [-0.25, -0.2) is 4.98 Å². The van der Waals surface area contributed by atoms with Crippen LogP contribution in [0.3, 0.4) is 0 Å². The van der Waals surface area contributed by atoms with E-state index in [2.05, 4.69) is 10.3 Å². The van der Waals surface area contributed by atoms with Crippen LogP contribution in [0.25, 0.3) is 0 Å². The van der Waals surface area contributed by atoms with Crippen molar-refractivity contribution in [3.63, 3.8) is 0 Å². The van der Waals surface area contributed by atoms with E-state index in [0.29, 0.717) is 37.0 Å². The predicted octanol–water partition coefficient (Wildman–Crippen LogP) is 4.03. The molecule has 0 radical (unpaired) electrons. The molecule has 2 fully saturated rings. The number of rotatable bonds is 7. The average molecular weight is 414 g/mol. The van der Waals surface area contributed by atoms with Crippen LogP contribution in [0.15, 0.2) is 35.8 Å². The topological polar surface area (TPSA) is 71.5 Å². The first kappa shape index (κ1) is 19.9. The van der Waals surface area contributed by atoms with Gasteiger partial charge in [0.1, 0.15) is 11.8 Å². The maximum absolute atomic E-state index is 12.8. The fourth-order valence-electron chi connectivity index (χ4n) is 4.18. The van der Waals surface area contributed by atoms with Crippen LogP contribution in [-0.4, -0.2) is 40.4 Å². The third kappa shape index (κ3) is 5.15. The lowest BCUT2D eigenvalue weighted by Gasteiger charge is -2.23. The number of hydrogen-bond acceptors (Lipinski definition) is 5. The van der Waals surface area contributed by atoms with Crippen LogP contribution in [0.4, 0.5) is 5.13 Å². The molecule has 1 saturated carbocycles. The molecule has 1 aromatic carbocycles.